The first-order chi connectivity index (χ1) is 9.20. The molecule has 2 rings (SSSR count). The zero-order chi connectivity index (χ0) is 13.7. The largest absolute Gasteiger partial charge is 0.395 e. The first-order valence-electron chi connectivity index (χ1n) is 6.84. The third-order valence-electron chi connectivity index (χ3n) is 3.73. The van der Waals surface area contributed by atoms with Gasteiger partial charge >= 0.3 is 0 Å². The van der Waals surface area contributed by atoms with Crippen LogP contribution in [-0.4, -0.2) is 41.5 Å². The minimum Gasteiger partial charge on any atom is -0.395 e. The van der Waals surface area contributed by atoms with Crippen molar-refractivity contribution in [1.29, 1.82) is 0 Å². The molecule has 19 heavy (non-hydrogen) atoms. The number of ketones is 1. The topological polar surface area (TPSA) is 40.5 Å². The van der Waals surface area contributed by atoms with Crippen molar-refractivity contribution in [3.05, 3.63) is 34.9 Å². The number of hydrogen-bond acceptors (Lipinski definition) is 3. The third-order valence-corrected chi connectivity index (χ3v) is 3.97. The number of nitrogens with zero attached hydrogens (tertiary/aromatic N) is 1. The van der Waals surface area contributed by atoms with Crippen molar-refractivity contribution < 1.29 is 9.90 Å². The Morgan fingerprint density at radius 3 is 3.00 bits per heavy atom. The van der Waals surface area contributed by atoms with Crippen molar-refractivity contribution in [2.75, 3.05) is 19.7 Å². The predicted octanol–water partition coefficient (Wildman–Crippen LogP) is 2.76. The lowest BCUT2D eigenvalue weighted by Crippen LogP contribution is -2.42. The number of Topliss-reactive ketones (excluding diaryl/α,β-unsaturated/α-hetero) is 1. The summed E-state index contributed by atoms with van der Waals surface area (Å²) in [7, 11) is 0. The summed E-state index contributed by atoms with van der Waals surface area (Å²) >= 11 is 5.89. The van der Waals surface area contributed by atoms with Crippen LogP contribution in [0.2, 0.25) is 5.02 Å². The molecule has 0 saturated carbocycles. The highest BCUT2D eigenvalue weighted by Gasteiger charge is 2.22. The van der Waals surface area contributed by atoms with Crippen LogP contribution >= 0.6 is 11.6 Å². The first kappa shape index (κ1) is 14.5. The summed E-state index contributed by atoms with van der Waals surface area (Å²) in [6.45, 7) is 1.88. The molecule has 4 heteroatoms. The van der Waals surface area contributed by atoms with Crippen LogP contribution in [0.4, 0.5) is 0 Å². The molecule has 1 heterocycles. The van der Waals surface area contributed by atoms with Gasteiger partial charge in [-0.25, -0.2) is 0 Å². The Hall–Kier alpha value is -0.900. The minimum absolute atomic E-state index is 0.116. The summed E-state index contributed by atoms with van der Waals surface area (Å²) in [5.41, 5.74) is 0.671. The second-order valence-corrected chi connectivity index (χ2v) is 5.49. The number of rotatable bonds is 5. The Morgan fingerprint density at radius 2 is 2.26 bits per heavy atom. The maximum atomic E-state index is 12.1. The van der Waals surface area contributed by atoms with Crippen LogP contribution in [0.15, 0.2) is 24.3 Å². The van der Waals surface area contributed by atoms with Crippen LogP contribution in [0.3, 0.4) is 0 Å². The van der Waals surface area contributed by atoms with Gasteiger partial charge in [-0.1, -0.05) is 30.2 Å². The fraction of sp³-hybridized carbons (Fsp3) is 0.533. The first-order valence-corrected chi connectivity index (χ1v) is 7.22. The highest BCUT2D eigenvalue weighted by Crippen LogP contribution is 2.18. The van der Waals surface area contributed by atoms with E-state index < -0.39 is 0 Å². The van der Waals surface area contributed by atoms with Gasteiger partial charge in [-0.05, 0) is 31.5 Å². The Balaban J connectivity index is 1.89. The molecule has 1 aliphatic rings. The van der Waals surface area contributed by atoms with E-state index in [9.17, 15) is 9.90 Å². The van der Waals surface area contributed by atoms with E-state index >= 15 is 0 Å². The third kappa shape index (κ3) is 4.03. The summed E-state index contributed by atoms with van der Waals surface area (Å²) in [4.78, 5) is 14.3. The van der Waals surface area contributed by atoms with E-state index in [1.165, 1.54) is 6.42 Å². The molecule has 1 aromatic rings. The molecule has 1 aromatic carbocycles. The summed E-state index contributed by atoms with van der Waals surface area (Å²) in [6, 6.07) is 7.30. The molecule has 0 bridgehead atoms. The highest BCUT2D eigenvalue weighted by atomic mass is 35.5. The molecular weight excluding hydrogens is 262 g/mol. The molecule has 0 radical (unpaired) electrons. The van der Waals surface area contributed by atoms with E-state index in [-0.39, 0.29) is 18.4 Å². The van der Waals surface area contributed by atoms with Gasteiger partial charge in [-0.15, -0.1) is 0 Å². The van der Waals surface area contributed by atoms with E-state index in [0.717, 1.165) is 25.9 Å². The maximum Gasteiger partial charge on any atom is 0.164 e. The van der Waals surface area contributed by atoms with Crippen LogP contribution in [0, 0.1) is 0 Å². The molecule has 1 atom stereocenters. The van der Waals surface area contributed by atoms with Gasteiger partial charge in [0.05, 0.1) is 6.61 Å². The smallest absolute Gasteiger partial charge is 0.164 e. The Labute approximate surface area is 119 Å². The summed E-state index contributed by atoms with van der Waals surface area (Å²) < 4.78 is 0. The quantitative estimate of drug-likeness (QED) is 0.844. The summed E-state index contributed by atoms with van der Waals surface area (Å²) in [6.07, 6.45) is 3.84. The van der Waals surface area contributed by atoms with Gasteiger partial charge in [0, 0.05) is 29.6 Å². The standard InChI is InChI=1S/C15H20ClNO2/c16-13-5-3-4-12(10-13)15(19)7-9-17-8-2-1-6-14(17)11-18/h3-5,10,14,18H,1-2,6-9,11H2. The minimum atomic E-state index is 0.116. The fourth-order valence-electron chi connectivity index (χ4n) is 2.61. The number of carbonyl (C=O) groups is 1. The lowest BCUT2D eigenvalue weighted by molar-refractivity contribution is 0.0793. The highest BCUT2D eigenvalue weighted by molar-refractivity contribution is 6.31. The Kier molecular flexibility index (Phi) is 5.37. The molecule has 0 aromatic heterocycles. The van der Waals surface area contributed by atoms with Gasteiger partial charge < -0.3 is 5.11 Å². The maximum absolute atomic E-state index is 12.1. The lowest BCUT2D eigenvalue weighted by atomic mass is 10.0. The average Bonchev–Trinajstić information content (AvgIpc) is 2.45. The van der Waals surface area contributed by atoms with Gasteiger partial charge in [0.1, 0.15) is 0 Å². The van der Waals surface area contributed by atoms with Crippen LogP contribution in [0.25, 0.3) is 0 Å². The molecule has 3 nitrogen and oxygen atoms in total. The van der Waals surface area contributed by atoms with Crippen LogP contribution in [0.1, 0.15) is 36.0 Å². The summed E-state index contributed by atoms with van der Waals surface area (Å²) in [5.74, 6) is 0.116. The van der Waals surface area contributed by atoms with Crippen molar-refractivity contribution in [2.45, 2.75) is 31.7 Å². The SMILES string of the molecule is O=C(CCN1CCCCC1CO)c1cccc(Cl)c1. The van der Waals surface area contributed by atoms with E-state index in [0.29, 0.717) is 17.0 Å². The van der Waals surface area contributed by atoms with E-state index in [1.807, 2.05) is 0 Å². The molecule has 1 saturated heterocycles. The van der Waals surface area contributed by atoms with E-state index in [2.05, 4.69) is 4.90 Å². The molecule has 104 valence electrons. The lowest BCUT2D eigenvalue weighted by Gasteiger charge is -2.34. The predicted molar refractivity (Wildman–Crippen MR) is 76.7 cm³/mol. The normalized spacial score (nSPS) is 20.4. The number of piperidine rings is 1. The van der Waals surface area contributed by atoms with Crippen molar-refractivity contribution in [3.8, 4) is 0 Å². The molecule has 1 N–H and O–H groups in total. The zero-order valence-electron chi connectivity index (χ0n) is 11.0. The molecular formula is C15H20ClNO2. The van der Waals surface area contributed by atoms with Gasteiger partial charge in [0.25, 0.3) is 0 Å². The van der Waals surface area contributed by atoms with Gasteiger partial charge in [-0.3, -0.25) is 9.69 Å². The number of likely N-dealkylation sites (tertiary alicyclic amines) is 1. The molecule has 1 aliphatic heterocycles. The Morgan fingerprint density at radius 1 is 1.42 bits per heavy atom. The van der Waals surface area contributed by atoms with Crippen molar-refractivity contribution >= 4 is 17.4 Å². The van der Waals surface area contributed by atoms with Crippen LogP contribution in [-0.2, 0) is 0 Å². The van der Waals surface area contributed by atoms with Crippen molar-refractivity contribution in [3.63, 3.8) is 0 Å². The number of carbonyl (C=O) groups excluding carboxylic acids is 1. The number of hydrogen-bond donors (Lipinski definition) is 1. The number of benzene rings is 1. The monoisotopic (exact) mass is 281 g/mol. The van der Waals surface area contributed by atoms with Crippen molar-refractivity contribution in [1.82, 2.24) is 4.90 Å². The molecule has 1 fully saturated rings. The number of aliphatic hydroxyl groups excluding tert-OH is 1. The number of halogens is 1. The van der Waals surface area contributed by atoms with E-state index in [4.69, 9.17) is 11.6 Å². The molecule has 0 aliphatic carbocycles. The van der Waals surface area contributed by atoms with Gasteiger partial charge in [0.15, 0.2) is 5.78 Å². The van der Waals surface area contributed by atoms with Gasteiger partial charge in [0.2, 0.25) is 0 Å². The van der Waals surface area contributed by atoms with Crippen molar-refractivity contribution in [2.24, 2.45) is 0 Å². The second kappa shape index (κ2) is 7.04. The molecule has 0 amide bonds. The second-order valence-electron chi connectivity index (χ2n) is 5.05. The fourth-order valence-corrected chi connectivity index (χ4v) is 2.80. The average molecular weight is 282 g/mol. The number of aliphatic hydroxyl groups is 1. The Bertz CT molecular complexity index is 436. The zero-order valence-corrected chi connectivity index (χ0v) is 11.8. The van der Waals surface area contributed by atoms with Crippen LogP contribution in [0.5, 0.6) is 0 Å². The summed E-state index contributed by atoms with van der Waals surface area (Å²) in [5, 5.41) is 9.93. The van der Waals surface area contributed by atoms with Gasteiger partial charge in [-0.2, -0.15) is 0 Å². The molecule has 1 unspecified atom stereocenters. The van der Waals surface area contributed by atoms with Crippen LogP contribution < -0.4 is 0 Å². The molecule has 0 spiro atoms. The van der Waals surface area contributed by atoms with E-state index in [1.54, 1.807) is 24.3 Å².